The summed E-state index contributed by atoms with van der Waals surface area (Å²) in [5.41, 5.74) is 0. The van der Waals surface area contributed by atoms with Gasteiger partial charge >= 0.3 is 5.97 Å². The van der Waals surface area contributed by atoms with Crippen LogP contribution in [0.2, 0.25) is 0 Å². The molecule has 0 saturated heterocycles. The number of hydrogen-bond acceptors (Lipinski definition) is 3. The van der Waals surface area contributed by atoms with Crippen molar-refractivity contribution in [3.63, 3.8) is 0 Å². The molecule has 0 aliphatic rings. The predicted molar refractivity (Wildman–Crippen MR) is 145 cm³/mol. The van der Waals surface area contributed by atoms with Crippen molar-refractivity contribution >= 4 is 5.97 Å². The molecular weight excluding hydrogens is 424 g/mol. The Bertz CT molecular complexity index is 413. The number of unbranched alkanes of at least 4 members (excludes halogenated alkanes) is 19. The van der Waals surface area contributed by atoms with Crippen LogP contribution in [0.4, 0.5) is 0 Å². The Morgan fingerprint density at radius 3 is 1.09 bits per heavy atom. The van der Waals surface area contributed by atoms with Gasteiger partial charge in [-0.15, -0.1) is 0 Å². The first-order chi connectivity index (χ1) is 16.6. The van der Waals surface area contributed by atoms with E-state index in [-0.39, 0.29) is 12.2 Å². The van der Waals surface area contributed by atoms with E-state index in [1.807, 2.05) is 0 Å². The maximum atomic E-state index is 10.5. The van der Waals surface area contributed by atoms with Gasteiger partial charge in [-0.3, -0.25) is 4.79 Å². The van der Waals surface area contributed by atoms with Crippen LogP contribution in [0.5, 0.6) is 0 Å². The molecule has 0 aromatic rings. The van der Waals surface area contributed by atoms with Gasteiger partial charge in [-0.1, -0.05) is 135 Å². The van der Waals surface area contributed by atoms with Crippen LogP contribution < -0.4 is 0 Å². The van der Waals surface area contributed by atoms with Crippen LogP contribution >= 0.6 is 0 Å². The first-order valence-corrected chi connectivity index (χ1v) is 15.1. The number of carboxylic acid groups (broad SMARTS) is 1. The molecule has 0 bridgehead atoms. The van der Waals surface area contributed by atoms with E-state index in [1.165, 1.54) is 96.3 Å². The zero-order valence-corrected chi connectivity index (χ0v) is 22.8. The van der Waals surface area contributed by atoms with E-state index < -0.39 is 5.97 Å². The molecule has 4 heteroatoms. The van der Waals surface area contributed by atoms with Crippen molar-refractivity contribution in [3.05, 3.63) is 0 Å². The number of aliphatic hydroxyl groups excluding tert-OH is 2. The minimum atomic E-state index is -0.689. The summed E-state index contributed by atoms with van der Waals surface area (Å²) in [5.74, 6) is -0.689. The number of aliphatic hydroxyl groups is 2. The van der Waals surface area contributed by atoms with Crippen LogP contribution in [0.25, 0.3) is 0 Å². The summed E-state index contributed by atoms with van der Waals surface area (Å²) in [6, 6.07) is 0. The molecule has 0 aromatic heterocycles. The molecule has 3 N–H and O–H groups in total. The van der Waals surface area contributed by atoms with Gasteiger partial charge in [0.1, 0.15) is 0 Å². The zero-order valence-electron chi connectivity index (χ0n) is 22.8. The summed E-state index contributed by atoms with van der Waals surface area (Å²) in [4.78, 5) is 10.5. The third-order valence-corrected chi connectivity index (χ3v) is 7.15. The fourth-order valence-electron chi connectivity index (χ4n) is 4.79. The smallest absolute Gasteiger partial charge is 0.303 e. The van der Waals surface area contributed by atoms with E-state index in [0.29, 0.717) is 6.42 Å². The van der Waals surface area contributed by atoms with Gasteiger partial charge in [-0.25, -0.2) is 0 Å². The number of rotatable bonds is 28. The van der Waals surface area contributed by atoms with Crippen molar-refractivity contribution in [1.29, 1.82) is 0 Å². The molecule has 0 spiro atoms. The van der Waals surface area contributed by atoms with Gasteiger partial charge < -0.3 is 15.3 Å². The van der Waals surface area contributed by atoms with Crippen molar-refractivity contribution < 1.29 is 20.1 Å². The van der Waals surface area contributed by atoms with Crippen LogP contribution in [-0.2, 0) is 4.79 Å². The minimum Gasteiger partial charge on any atom is -0.481 e. The van der Waals surface area contributed by atoms with Gasteiger partial charge in [-0.05, 0) is 32.1 Å². The Morgan fingerprint density at radius 2 is 0.765 bits per heavy atom. The van der Waals surface area contributed by atoms with Gasteiger partial charge in [0.15, 0.2) is 0 Å². The Balaban J connectivity index is 3.29. The fraction of sp³-hybridized carbons (Fsp3) is 0.967. The molecule has 4 nitrogen and oxygen atoms in total. The van der Waals surface area contributed by atoms with Crippen LogP contribution in [-0.4, -0.2) is 33.5 Å². The highest BCUT2D eigenvalue weighted by Gasteiger charge is 2.09. The summed E-state index contributed by atoms with van der Waals surface area (Å²) in [5, 5.41) is 29.0. The predicted octanol–water partition coefficient (Wildman–Crippen LogP) is 8.96. The lowest BCUT2D eigenvalue weighted by atomic mass is 9.99. The van der Waals surface area contributed by atoms with Crippen LogP contribution in [0.1, 0.15) is 174 Å². The molecule has 0 fully saturated rings. The van der Waals surface area contributed by atoms with E-state index in [0.717, 1.165) is 64.2 Å². The SMILES string of the molecule is CCCCCCCCCCCCCCCC(O)CCC(O)CCCCCCCCCCC(=O)O. The lowest BCUT2D eigenvalue weighted by Gasteiger charge is -2.14. The molecule has 204 valence electrons. The third-order valence-electron chi connectivity index (χ3n) is 7.15. The van der Waals surface area contributed by atoms with Crippen molar-refractivity contribution in [3.8, 4) is 0 Å². The quantitative estimate of drug-likeness (QED) is 0.0968. The third kappa shape index (κ3) is 27.6. The number of hydrogen-bond donors (Lipinski definition) is 3. The van der Waals surface area contributed by atoms with Crippen molar-refractivity contribution in [1.82, 2.24) is 0 Å². The monoisotopic (exact) mass is 484 g/mol. The molecule has 0 radical (unpaired) electrons. The van der Waals surface area contributed by atoms with Crippen molar-refractivity contribution in [2.75, 3.05) is 0 Å². The van der Waals surface area contributed by atoms with E-state index in [2.05, 4.69) is 6.92 Å². The molecule has 34 heavy (non-hydrogen) atoms. The first-order valence-electron chi connectivity index (χ1n) is 15.1. The molecule has 0 aromatic carbocycles. The highest BCUT2D eigenvalue weighted by Crippen LogP contribution is 2.17. The number of carbonyl (C=O) groups is 1. The summed E-state index contributed by atoms with van der Waals surface area (Å²) in [6.45, 7) is 2.27. The fourth-order valence-corrected chi connectivity index (χ4v) is 4.79. The van der Waals surface area contributed by atoms with Gasteiger partial charge in [0, 0.05) is 6.42 Å². The Labute approximate surface area is 212 Å². The Morgan fingerprint density at radius 1 is 0.471 bits per heavy atom. The molecular formula is C30H60O4. The lowest BCUT2D eigenvalue weighted by Crippen LogP contribution is -2.13. The van der Waals surface area contributed by atoms with Crippen molar-refractivity contribution in [2.45, 2.75) is 186 Å². The normalized spacial score (nSPS) is 13.3. The number of aliphatic carboxylic acids is 1. The molecule has 0 aliphatic carbocycles. The molecule has 2 atom stereocenters. The molecule has 0 aliphatic heterocycles. The second-order valence-electron chi connectivity index (χ2n) is 10.7. The second kappa shape index (κ2) is 27.0. The van der Waals surface area contributed by atoms with Gasteiger partial charge in [0.25, 0.3) is 0 Å². The maximum Gasteiger partial charge on any atom is 0.303 e. The topological polar surface area (TPSA) is 77.8 Å². The van der Waals surface area contributed by atoms with Crippen LogP contribution in [0.3, 0.4) is 0 Å². The van der Waals surface area contributed by atoms with Gasteiger partial charge in [0.05, 0.1) is 12.2 Å². The van der Waals surface area contributed by atoms with E-state index >= 15 is 0 Å². The highest BCUT2D eigenvalue weighted by atomic mass is 16.4. The van der Waals surface area contributed by atoms with E-state index in [9.17, 15) is 15.0 Å². The lowest BCUT2D eigenvalue weighted by molar-refractivity contribution is -0.137. The zero-order chi connectivity index (χ0) is 25.1. The maximum absolute atomic E-state index is 10.5. The highest BCUT2D eigenvalue weighted by molar-refractivity contribution is 5.66. The molecule has 0 rings (SSSR count). The summed E-state index contributed by atoms with van der Waals surface area (Å²) in [6.07, 6.45) is 29.3. The van der Waals surface area contributed by atoms with E-state index in [1.54, 1.807) is 0 Å². The minimum absolute atomic E-state index is 0.247. The Kier molecular flexibility index (Phi) is 26.5. The average Bonchev–Trinajstić information content (AvgIpc) is 2.81. The summed E-state index contributed by atoms with van der Waals surface area (Å²) in [7, 11) is 0. The largest absolute Gasteiger partial charge is 0.481 e. The standard InChI is InChI=1S/C30H60O4/c1-2-3-4-5-6-7-8-9-10-11-14-17-20-23-28(31)26-27-29(32)24-21-18-15-12-13-16-19-22-25-30(33)34/h28-29,31-32H,2-27H2,1H3,(H,33,34). The first kappa shape index (κ1) is 33.4. The average molecular weight is 485 g/mol. The molecule has 0 heterocycles. The van der Waals surface area contributed by atoms with Crippen LogP contribution in [0.15, 0.2) is 0 Å². The second-order valence-corrected chi connectivity index (χ2v) is 10.7. The van der Waals surface area contributed by atoms with Crippen LogP contribution in [0, 0.1) is 0 Å². The summed E-state index contributed by atoms with van der Waals surface area (Å²) < 4.78 is 0. The van der Waals surface area contributed by atoms with Gasteiger partial charge in [-0.2, -0.15) is 0 Å². The number of carboxylic acids is 1. The summed E-state index contributed by atoms with van der Waals surface area (Å²) >= 11 is 0. The van der Waals surface area contributed by atoms with Gasteiger partial charge in [0.2, 0.25) is 0 Å². The molecule has 2 unspecified atom stereocenters. The van der Waals surface area contributed by atoms with Crippen molar-refractivity contribution in [2.24, 2.45) is 0 Å². The van der Waals surface area contributed by atoms with E-state index in [4.69, 9.17) is 5.11 Å². The Hall–Kier alpha value is -0.610. The molecule has 0 amide bonds. The molecule has 0 saturated carbocycles.